The van der Waals surface area contributed by atoms with Crippen molar-refractivity contribution in [3.8, 4) is 5.75 Å². The molecule has 0 spiro atoms. The lowest BCUT2D eigenvalue weighted by Crippen LogP contribution is -2.33. The smallest absolute Gasteiger partial charge is 0.290 e. The lowest BCUT2D eigenvalue weighted by Gasteiger charge is -2.20. The van der Waals surface area contributed by atoms with Crippen molar-refractivity contribution >= 4 is 16.9 Å². The summed E-state index contributed by atoms with van der Waals surface area (Å²) >= 11 is 0. The van der Waals surface area contributed by atoms with Gasteiger partial charge in [0, 0.05) is 24.0 Å². The molecule has 2 aromatic carbocycles. The van der Waals surface area contributed by atoms with Crippen molar-refractivity contribution in [1.82, 2.24) is 4.90 Å². The Kier molecular flexibility index (Phi) is 4.65. The highest BCUT2D eigenvalue weighted by Crippen LogP contribution is 2.32. The molecule has 0 aliphatic heterocycles. The van der Waals surface area contributed by atoms with E-state index in [4.69, 9.17) is 9.15 Å². The molecule has 1 heterocycles. The number of fused-ring (bicyclic) bond motifs is 1. The van der Waals surface area contributed by atoms with Crippen LogP contribution in [0, 0.1) is 5.92 Å². The monoisotopic (exact) mass is 349 g/mol. The van der Waals surface area contributed by atoms with Gasteiger partial charge >= 0.3 is 0 Å². The van der Waals surface area contributed by atoms with Gasteiger partial charge in [0.25, 0.3) is 5.91 Å². The number of hydrogen-bond donors (Lipinski definition) is 0. The topological polar surface area (TPSA) is 42.7 Å². The molecule has 0 saturated heterocycles. The molecule has 134 valence electrons. The summed E-state index contributed by atoms with van der Waals surface area (Å²) in [6.07, 6.45) is 2.43. The maximum Gasteiger partial charge on any atom is 0.290 e. The van der Waals surface area contributed by atoms with Gasteiger partial charge in [-0.2, -0.15) is 0 Å². The molecular weight excluding hydrogens is 326 g/mol. The summed E-state index contributed by atoms with van der Waals surface area (Å²) in [6, 6.07) is 17.4. The third-order valence-electron chi connectivity index (χ3n) is 4.86. The zero-order valence-electron chi connectivity index (χ0n) is 15.0. The van der Waals surface area contributed by atoms with E-state index in [1.807, 2.05) is 66.4 Å². The van der Waals surface area contributed by atoms with Crippen LogP contribution in [-0.2, 0) is 6.61 Å². The highest BCUT2D eigenvalue weighted by Gasteiger charge is 2.30. The normalized spacial score (nSPS) is 13.7. The van der Waals surface area contributed by atoms with E-state index in [0.717, 1.165) is 28.8 Å². The maximum atomic E-state index is 13.1. The van der Waals surface area contributed by atoms with Crippen molar-refractivity contribution in [2.45, 2.75) is 26.4 Å². The number of para-hydroxylation sites is 2. The summed E-state index contributed by atoms with van der Waals surface area (Å²) in [5.74, 6) is 1.79. The molecule has 0 unspecified atom stereocenters. The molecule has 1 aliphatic carbocycles. The van der Waals surface area contributed by atoms with Gasteiger partial charge in [0.2, 0.25) is 0 Å². The lowest BCUT2D eigenvalue weighted by molar-refractivity contribution is 0.0723. The van der Waals surface area contributed by atoms with Crippen molar-refractivity contribution in [2.75, 3.05) is 13.1 Å². The van der Waals surface area contributed by atoms with Gasteiger partial charge in [0.15, 0.2) is 5.76 Å². The second-order valence-corrected chi connectivity index (χ2v) is 6.79. The van der Waals surface area contributed by atoms with Crippen LogP contribution in [0.2, 0.25) is 0 Å². The number of rotatable bonds is 7. The largest absolute Gasteiger partial charge is 0.489 e. The first-order valence-corrected chi connectivity index (χ1v) is 9.23. The number of ether oxygens (including phenoxy) is 1. The van der Waals surface area contributed by atoms with E-state index >= 15 is 0 Å². The average molecular weight is 349 g/mol. The van der Waals surface area contributed by atoms with Crippen LogP contribution in [0.15, 0.2) is 59.0 Å². The predicted molar refractivity (Wildman–Crippen MR) is 101 cm³/mol. The highest BCUT2D eigenvalue weighted by atomic mass is 16.5. The molecule has 4 rings (SSSR count). The van der Waals surface area contributed by atoms with E-state index in [9.17, 15) is 4.79 Å². The third-order valence-corrected chi connectivity index (χ3v) is 4.86. The van der Waals surface area contributed by atoms with E-state index in [-0.39, 0.29) is 5.91 Å². The Labute approximate surface area is 153 Å². The zero-order chi connectivity index (χ0) is 17.9. The number of nitrogens with zero attached hydrogens (tertiary/aromatic N) is 1. The Balaban J connectivity index is 1.65. The molecule has 1 aliphatic rings. The Morgan fingerprint density at radius 2 is 1.85 bits per heavy atom. The van der Waals surface area contributed by atoms with Gasteiger partial charge in [0.05, 0.1) is 0 Å². The second kappa shape index (κ2) is 7.24. The number of carbonyl (C=O) groups is 1. The van der Waals surface area contributed by atoms with Crippen LogP contribution in [0.25, 0.3) is 11.0 Å². The van der Waals surface area contributed by atoms with Gasteiger partial charge in [-0.3, -0.25) is 4.79 Å². The molecule has 0 radical (unpaired) electrons. The van der Waals surface area contributed by atoms with E-state index in [2.05, 4.69) is 0 Å². The number of carbonyl (C=O) groups excluding carboxylic acids is 1. The lowest BCUT2D eigenvalue weighted by atomic mass is 10.1. The van der Waals surface area contributed by atoms with E-state index in [1.54, 1.807) is 0 Å². The van der Waals surface area contributed by atoms with Gasteiger partial charge in [-0.1, -0.05) is 36.4 Å². The minimum absolute atomic E-state index is 0.0396. The second-order valence-electron chi connectivity index (χ2n) is 6.79. The fourth-order valence-corrected chi connectivity index (χ4v) is 3.20. The van der Waals surface area contributed by atoms with Crippen molar-refractivity contribution in [1.29, 1.82) is 0 Å². The summed E-state index contributed by atoms with van der Waals surface area (Å²) in [6.45, 7) is 3.82. The first kappa shape index (κ1) is 16.7. The molecule has 0 N–H and O–H groups in total. The third kappa shape index (κ3) is 3.45. The van der Waals surface area contributed by atoms with Crippen LogP contribution in [0.1, 0.15) is 35.9 Å². The molecule has 0 atom stereocenters. The number of furan rings is 1. The molecule has 1 saturated carbocycles. The van der Waals surface area contributed by atoms with Crippen molar-refractivity contribution in [3.05, 3.63) is 65.9 Å². The first-order valence-electron chi connectivity index (χ1n) is 9.23. The van der Waals surface area contributed by atoms with Crippen molar-refractivity contribution < 1.29 is 13.9 Å². The van der Waals surface area contributed by atoms with Crippen molar-refractivity contribution in [3.63, 3.8) is 0 Å². The molecule has 4 nitrogen and oxygen atoms in total. The van der Waals surface area contributed by atoms with Crippen LogP contribution >= 0.6 is 0 Å². The minimum Gasteiger partial charge on any atom is -0.489 e. The molecule has 1 amide bonds. The summed E-state index contributed by atoms with van der Waals surface area (Å²) in [5.41, 5.74) is 1.55. The molecule has 26 heavy (non-hydrogen) atoms. The first-order chi connectivity index (χ1) is 12.8. The van der Waals surface area contributed by atoms with Gasteiger partial charge in [-0.15, -0.1) is 0 Å². The van der Waals surface area contributed by atoms with Crippen LogP contribution in [-0.4, -0.2) is 23.9 Å². The molecule has 0 bridgehead atoms. The number of hydrogen-bond acceptors (Lipinski definition) is 3. The quantitative estimate of drug-likeness (QED) is 0.610. The summed E-state index contributed by atoms with van der Waals surface area (Å²) in [4.78, 5) is 15.0. The van der Waals surface area contributed by atoms with Crippen molar-refractivity contribution in [2.24, 2.45) is 5.92 Å². The van der Waals surface area contributed by atoms with Crippen LogP contribution in [0.5, 0.6) is 5.75 Å². The van der Waals surface area contributed by atoms with Gasteiger partial charge in [-0.25, -0.2) is 0 Å². The maximum absolute atomic E-state index is 13.1. The van der Waals surface area contributed by atoms with E-state index < -0.39 is 0 Å². The Hall–Kier alpha value is -2.75. The molecule has 3 aromatic rings. The van der Waals surface area contributed by atoms with E-state index in [1.165, 1.54) is 12.8 Å². The predicted octanol–water partition coefficient (Wildman–Crippen LogP) is 4.88. The zero-order valence-corrected chi connectivity index (χ0v) is 15.0. The standard InChI is InChI=1S/C22H23NO3/c1-2-23(14-16-12-13-16)22(24)21-19(15-25-17-8-4-3-5-9-17)18-10-6-7-11-20(18)26-21/h3-11,16H,2,12-15H2,1H3. The molecule has 1 aromatic heterocycles. The van der Waals surface area contributed by atoms with Gasteiger partial charge in [0.1, 0.15) is 17.9 Å². The van der Waals surface area contributed by atoms with Gasteiger partial charge in [-0.05, 0) is 43.9 Å². The van der Waals surface area contributed by atoms with Crippen LogP contribution < -0.4 is 4.74 Å². The summed E-state index contributed by atoms with van der Waals surface area (Å²) in [5, 5.41) is 0.939. The average Bonchev–Trinajstić information content (AvgIpc) is 3.43. The number of benzene rings is 2. The SMILES string of the molecule is CCN(CC1CC1)C(=O)c1oc2ccccc2c1COc1ccccc1. The van der Waals surface area contributed by atoms with E-state index in [0.29, 0.717) is 24.8 Å². The summed E-state index contributed by atoms with van der Waals surface area (Å²) < 4.78 is 11.9. The Morgan fingerprint density at radius 3 is 2.58 bits per heavy atom. The van der Waals surface area contributed by atoms with Crippen LogP contribution in [0.4, 0.5) is 0 Å². The van der Waals surface area contributed by atoms with Gasteiger partial charge < -0.3 is 14.1 Å². The Bertz CT molecular complexity index is 896. The molecule has 4 heteroatoms. The van der Waals surface area contributed by atoms with Crippen LogP contribution in [0.3, 0.4) is 0 Å². The highest BCUT2D eigenvalue weighted by molar-refractivity contribution is 5.99. The number of amides is 1. The Morgan fingerprint density at radius 1 is 1.12 bits per heavy atom. The summed E-state index contributed by atoms with van der Waals surface area (Å²) in [7, 11) is 0. The molecule has 1 fully saturated rings. The minimum atomic E-state index is -0.0396. The fourth-order valence-electron chi connectivity index (χ4n) is 3.20. The molecular formula is C22H23NO3. The fraction of sp³-hybridized carbons (Fsp3) is 0.318.